The number of guanidine groups is 1. The quantitative estimate of drug-likeness (QED) is 0.517. The molecule has 31 heavy (non-hydrogen) atoms. The van der Waals surface area contributed by atoms with Gasteiger partial charge in [-0.15, -0.1) is 0 Å². The fourth-order valence-electron chi connectivity index (χ4n) is 4.55. The first kappa shape index (κ1) is 21.7. The van der Waals surface area contributed by atoms with Crippen molar-refractivity contribution >= 4 is 11.6 Å². The van der Waals surface area contributed by atoms with Crippen LogP contribution >= 0.6 is 0 Å². The minimum atomic E-state index is 0.166. The number of aliphatic imine (C=N–C) groups is 1. The second-order valence-corrected chi connectivity index (χ2v) is 8.93. The summed E-state index contributed by atoms with van der Waals surface area (Å²) in [4.78, 5) is 7.59. The molecule has 2 aliphatic rings. The molecule has 2 aromatic rings. The first-order chi connectivity index (χ1) is 15.2. The highest BCUT2D eigenvalue weighted by Crippen LogP contribution is 2.24. The van der Waals surface area contributed by atoms with E-state index >= 15 is 0 Å². The Morgan fingerprint density at radius 3 is 2.48 bits per heavy atom. The van der Waals surface area contributed by atoms with E-state index in [1.807, 2.05) is 30.3 Å². The molecule has 5 heteroatoms. The largest absolute Gasteiger partial charge is 0.489 e. The fourth-order valence-corrected chi connectivity index (χ4v) is 4.55. The maximum Gasteiger partial charge on any atom is 0.199 e. The smallest absolute Gasteiger partial charge is 0.199 e. The predicted octanol–water partition coefficient (Wildman–Crippen LogP) is 5.18. The van der Waals surface area contributed by atoms with Gasteiger partial charge in [-0.3, -0.25) is 0 Å². The van der Waals surface area contributed by atoms with E-state index in [0.29, 0.717) is 12.6 Å². The van der Waals surface area contributed by atoms with Crippen LogP contribution in [0.1, 0.15) is 57.4 Å². The summed E-state index contributed by atoms with van der Waals surface area (Å²) in [7, 11) is 0. The van der Waals surface area contributed by atoms with E-state index in [-0.39, 0.29) is 12.1 Å². The molecule has 4 rings (SSSR count). The van der Waals surface area contributed by atoms with Crippen LogP contribution in [0.25, 0.3) is 0 Å². The third kappa shape index (κ3) is 6.01. The summed E-state index contributed by atoms with van der Waals surface area (Å²) in [5.41, 5.74) is 8.62. The van der Waals surface area contributed by atoms with Crippen molar-refractivity contribution in [3.8, 4) is 5.75 Å². The molecular formula is C26H36N4O. The Balaban J connectivity index is 1.45. The Hall–Kier alpha value is -2.53. The number of likely N-dealkylation sites (tertiary alicyclic amines) is 1. The molecule has 1 aliphatic carbocycles. The second kappa shape index (κ2) is 10.7. The molecule has 0 radical (unpaired) electrons. The number of nitrogens with zero attached hydrogens (tertiary/aromatic N) is 2. The van der Waals surface area contributed by atoms with Crippen molar-refractivity contribution in [1.29, 1.82) is 0 Å². The normalized spacial score (nSPS) is 24.6. The number of hydrogen-bond donors (Lipinski definition) is 2. The molecule has 1 saturated heterocycles. The van der Waals surface area contributed by atoms with Crippen LogP contribution in [0.3, 0.4) is 0 Å². The predicted molar refractivity (Wildman–Crippen MR) is 129 cm³/mol. The van der Waals surface area contributed by atoms with Gasteiger partial charge in [-0.25, -0.2) is 4.99 Å². The van der Waals surface area contributed by atoms with Crippen LogP contribution in [-0.2, 0) is 6.61 Å². The number of rotatable bonds is 5. The molecule has 1 unspecified atom stereocenters. The third-order valence-corrected chi connectivity index (χ3v) is 6.50. The van der Waals surface area contributed by atoms with Crippen LogP contribution in [0.4, 0.5) is 5.69 Å². The molecule has 0 aromatic heterocycles. The first-order valence-electron chi connectivity index (χ1n) is 11.8. The van der Waals surface area contributed by atoms with Crippen molar-refractivity contribution in [3.05, 3.63) is 60.2 Å². The number of nitrogens with two attached hydrogens (primary N) is 1. The molecule has 1 aliphatic heterocycles. The molecular weight excluding hydrogens is 384 g/mol. The van der Waals surface area contributed by atoms with Gasteiger partial charge in [0.2, 0.25) is 0 Å². The lowest BCUT2D eigenvalue weighted by Crippen LogP contribution is -2.47. The average molecular weight is 421 g/mol. The van der Waals surface area contributed by atoms with Crippen LogP contribution in [0.2, 0.25) is 0 Å². The lowest BCUT2D eigenvalue weighted by molar-refractivity contribution is 0.254. The van der Waals surface area contributed by atoms with Crippen LogP contribution in [0, 0.1) is 0 Å². The maximum absolute atomic E-state index is 6.42. The van der Waals surface area contributed by atoms with Crippen LogP contribution in [0.5, 0.6) is 5.75 Å². The summed E-state index contributed by atoms with van der Waals surface area (Å²) < 4.78 is 5.94. The highest BCUT2D eigenvalue weighted by molar-refractivity contribution is 5.94. The first-order valence-corrected chi connectivity index (χ1v) is 11.8. The second-order valence-electron chi connectivity index (χ2n) is 8.93. The van der Waals surface area contributed by atoms with Crippen LogP contribution in [-0.4, -0.2) is 35.5 Å². The fraction of sp³-hybridized carbons (Fsp3) is 0.500. The zero-order valence-corrected chi connectivity index (χ0v) is 18.7. The van der Waals surface area contributed by atoms with Crippen molar-refractivity contribution in [3.63, 3.8) is 0 Å². The van der Waals surface area contributed by atoms with Gasteiger partial charge in [0.05, 0.1) is 6.04 Å². The van der Waals surface area contributed by atoms with Gasteiger partial charge in [-0.1, -0.05) is 43.2 Å². The summed E-state index contributed by atoms with van der Waals surface area (Å²) in [5, 5.41) is 3.61. The molecule has 1 heterocycles. The molecule has 0 amide bonds. The number of piperidine rings is 1. The Bertz CT molecular complexity index is 836. The Kier molecular flexibility index (Phi) is 7.47. The molecule has 166 valence electrons. The van der Waals surface area contributed by atoms with E-state index < -0.39 is 0 Å². The topological polar surface area (TPSA) is 62.9 Å². The number of benzene rings is 2. The minimum Gasteiger partial charge on any atom is -0.489 e. The van der Waals surface area contributed by atoms with E-state index in [9.17, 15) is 0 Å². The van der Waals surface area contributed by atoms with Gasteiger partial charge in [0, 0.05) is 24.3 Å². The molecule has 1 saturated carbocycles. The molecule has 2 fully saturated rings. The van der Waals surface area contributed by atoms with Crippen molar-refractivity contribution in [2.45, 2.75) is 76.6 Å². The van der Waals surface area contributed by atoms with Gasteiger partial charge in [-0.05, 0) is 68.9 Å². The van der Waals surface area contributed by atoms with Gasteiger partial charge in [-0.2, -0.15) is 0 Å². The lowest BCUT2D eigenvalue weighted by Gasteiger charge is -2.37. The summed E-state index contributed by atoms with van der Waals surface area (Å²) in [6.45, 7) is 3.93. The summed E-state index contributed by atoms with van der Waals surface area (Å²) in [6.07, 6.45) is 8.32. The Morgan fingerprint density at radius 1 is 1.00 bits per heavy atom. The number of nitrogens with one attached hydrogen (secondary N) is 1. The number of hydrogen-bond acceptors (Lipinski definition) is 3. The molecule has 2 aromatic carbocycles. The van der Waals surface area contributed by atoms with E-state index in [0.717, 1.165) is 36.8 Å². The zero-order valence-electron chi connectivity index (χ0n) is 18.7. The highest BCUT2D eigenvalue weighted by atomic mass is 16.5. The summed E-state index contributed by atoms with van der Waals surface area (Å²) in [5.74, 6) is 1.85. The van der Waals surface area contributed by atoms with Gasteiger partial charge < -0.3 is 20.7 Å². The molecule has 0 bridgehead atoms. The van der Waals surface area contributed by atoms with Gasteiger partial charge in [0.25, 0.3) is 0 Å². The molecule has 3 atom stereocenters. The van der Waals surface area contributed by atoms with Gasteiger partial charge >= 0.3 is 0 Å². The maximum atomic E-state index is 6.42. The summed E-state index contributed by atoms with van der Waals surface area (Å²) >= 11 is 0. The number of ether oxygens (including phenoxy) is 1. The van der Waals surface area contributed by atoms with Crippen molar-refractivity contribution < 1.29 is 4.74 Å². The van der Waals surface area contributed by atoms with E-state index in [1.165, 1.54) is 37.7 Å². The van der Waals surface area contributed by atoms with Crippen LogP contribution in [0.15, 0.2) is 59.6 Å². The van der Waals surface area contributed by atoms with E-state index in [1.54, 1.807) is 0 Å². The molecule has 5 nitrogen and oxygen atoms in total. The molecule has 3 N–H and O–H groups in total. The summed E-state index contributed by atoms with van der Waals surface area (Å²) in [6, 6.07) is 19.3. The van der Waals surface area contributed by atoms with Crippen LogP contribution < -0.4 is 15.8 Å². The zero-order chi connectivity index (χ0) is 21.5. The van der Waals surface area contributed by atoms with Crippen molar-refractivity contribution in [1.82, 2.24) is 4.90 Å². The third-order valence-electron chi connectivity index (χ3n) is 6.50. The average Bonchev–Trinajstić information content (AvgIpc) is 2.81. The van der Waals surface area contributed by atoms with Crippen molar-refractivity contribution in [2.24, 2.45) is 10.7 Å². The Labute approximate surface area is 186 Å². The van der Waals surface area contributed by atoms with Gasteiger partial charge in [0.1, 0.15) is 12.4 Å². The van der Waals surface area contributed by atoms with Gasteiger partial charge in [0.15, 0.2) is 5.96 Å². The monoisotopic (exact) mass is 420 g/mol. The highest BCUT2D eigenvalue weighted by Gasteiger charge is 2.26. The van der Waals surface area contributed by atoms with E-state index in [4.69, 9.17) is 15.5 Å². The van der Waals surface area contributed by atoms with E-state index in [2.05, 4.69) is 41.4 Å². The standard InChI is InChI=1S/C26H36N4O/c1-20-9-7-8-18-30(20)26(29-25-13-6-5-12-24(25)27)28-22-14-16-23(17-15-22)31-19-21-10-3-2-4-11-21/h2-4,10-11,14-17,20,24-25H,5-9,12-13,18-19,27H2,1H3,(H,28,29)/t20?,24-,25-/m0/s1. The SMILES string of the molecule is CC1CCCCN1C(=N[C@H]1CCCC[C@@H]1N)Nc1ccc(OCc2ccccc2)cc1. The number of anilines is 1. The molecule has 0 spiro atoms. The van der Waals surface area contributed by atoms with Crippen molar-refractivity contribution in [2.75, 3.05) is 11.9 Å². The lowest BCUT2D eigenvalue weighted by atomic mass is 9.91. The minimum absolute atomic E-state index is 0.166. The Morgan fingerprint density at radius 2 is 1.74 bits per heavy atom.